The first kappa shape index (κ1) is 23.0. The van der Waals surface area contributed by atoms with E-state index in [0.717, 1.165) is 17.5 Å². The average molecular weight is 476 g/mol. The lowest BCUT2D eigenvalue weighted by Crippen LogP contribution is -2.49. The Morgan fingerprint density at radius 2 is 1.70 bits per heavy atom. The number of rotatable bonds is 4. The summed E-state index contributed by atoms with van der Waals surface area (Å²) >= 11 is 0. The molecule has 2 saturated heterocycles. The Bertz CT molecular complexity index is 1220. The summed E-state index contributed by atoms with van der Waals surface area (Å²) in [5, 5.41) is 0. The summed E-state index contributed by atoms with van der Waals surface area (Å²) in [5.41, 5.74) is 2.79. The van der Waals surface area contributed by atoms with Gasteiger partial charge in [-0.25, -0.2) is 17.6 Å². The second-order valence-electron chi connectivity index (χ2n) is 8.39. The fraction of sp³-hybridized carbons (Fsp3) is 0.391. The van der Waals surface area contributed by atoms with Crippen molar-refractivity contribution in [2.75, 3.05) is 55.4 Å². The van der Waals surface area contributed by atoms with E-state index in [1.807, 2.05) is 11.8 Å². The Balaban J connectivity index is 1.55. The molecule has 0 aliphatic carbocycles. The van der Waals surface area contributed by atoms with Gasteiger partial charge < -0.3 is 14.5 Å². The number of benzene rings is 2. The summed E-state index contributed by atoms with van der Waals surface area (Å²) in [6.45, 7) is 5.93. The van der Waals surface area contributed by atoms with Gasteiger partial charge in [0, 0.05) is 43.8 Å². The van der Waals surface area contributed by atoms with E-state index in [0.29, 0.717) is 44.0 Å². The number of carbonyl (C=O) groups excluding carboxylic acids is 2. The van der Waals surface area contributed by atoms with Crippen LogP contribution in [-0.4, -0.2) is 70.9 Å². The Morgan fingerprint density at radius 1 is 1.00 bits per heavy atom. The number of piperazine rings is 1. The van der Waals surface area contributed by atoms with Gasteiger partial charge in [0.15, 0.2) is 9.84 Å². The summed E-state index contributed by atoms with van der Waals surface area (Å²) in [7, 11) is -3.73. The Labute approximate surface area is 192 Å². The molecule has 176 valence electrons. The zero-order chi connectivity index (χ0) is 23.9. The monoisotopic (exact) mass is 475 g/mol. The molecule has 8 nitrogen and oxygen atoms in total. The third-order valence-electron chi connectivity index (χ3n) is 6.05. The summed E-state index contributed by atoms with van der Waals surface area (Å²) in [6.07, 6.45) is 0.491. The zero-order valence-corrected chi connectivity index (χ0v) is 19.6. The number of cyclic esters (lactones) is 1. The lowest BCUT2D eigenvalue weighted by Gasteiger charge is -2.37. The Hall–Kier alpha value is -3.14. The minimum absolute atomic E-state index is 0.0693. The van der Waals surface area contributed by atoms with Crippen molar-refractivity contribution in [2.45, 2.75) is 18.7 Å². The molecule has 0 saturated carbocycles. The van der Waals surface area contributed by atoms with E-state index in [2.05, 4.69) is 0 Å². The summed E-state index contributed by atoms with van der Waals surface area (Å²) < 4.78 is 44.0. The van der Waals surface area contributed by atoms with Crippen LogP contribution in [0.4, 0.5) is 20.6 Å². The molecule has 0 aromatic heterocycles. The number of nitrogens with zero attached hydrogens (tertiary/aromatic N) is 3. The molecule has 2 heterocycles. The van der Waals surface area contributed by atoms with Gasteiger partial charge in [0.05, 0.1) is 17.0 Å². The molecule has 0 N–H and O–H groups in total. The van der Waals surface area contributed by atoms with Gasteiger partial charge >= 0.3 is 6.09 Å². The molecule has 10 heteroatoms. The van der Waals surface area contributed by atoms with Crippen molar-refractivity contribution >= 4 is 33.2 Å². The third kappa shape index (κ3) is 4.52. The van der Waals surface area contributed by atoms with Gasteiger partial charge in [-0.05, 0) is 49.2 Å². The predicted octanol–water partition coefficient (Wildman–Crippen LogP) is 2.77. The number of anilines is 2. The van der Waals surface area contributed by atoms with Gasteiger partial charge in [-0.15, -0.1) is 0 Å². The molecule has 2 aromatic rings. The number of halogens is 1. The average Bonchev–Trinajstić information content (AvgIpc) is 3.21. The second kappa shape index (κ2) is 8.66. The topological polar surface area (TPSA) is 87.2 Å². The van der Waals surface area contributed by atoms with Gasteiger partial charge in [-0.3, -0.25) is 9.69 Å². The van der Waals surface area contributed by atoms with Crippen molar-refractivity contribution in [3.05, 3.63) is 52.8 Å². The summed E-state index contributed by atoms with van der Waals surface area (Å²) in [5.74, 6) is -0.661. The molecule has 0 bridgehead atoms. The van der Waals surface area contributed by atoms with Crippen molar-refractivity contribution < 1.29 is 27.1 Å². The van der Waals surface area contributed by atoms with E-state index in [4.69, 9.17) is 4.74 Å². The Morgan fingerprint density at radius 3 is 2.30 bits per heavy atom. The molecule has 33 heavy (non-hydrogen) atoms. The molecule has 0 spiro atoms. The van der Waals surface area contributed by atoms with Crippen LogP contribution in [0, 0.1) is 19.7 Å². The summed E-state index contributed by atoms with van der Waals surface area (Å²) in [4.78, 5) is 30.0. The molecule has 2 aliphatic rings. The predicted molar refractivity (Wildman–Crippen MR) is 122 cm³/mol. The summed E-state index contributed by atoms with van der Waals surface area (Å²) in [6, 6.07) is 7.68. The fourth-order valence-corrected chi connectivity index (χ4v) is 5.16. The molecule has 2 aliphatic heterocycles. The fourth-order valence-electron chi connectivity index (χ4n) is 4.27. The minimum atomic E-state index is -3.73. The first-order chi connectivity index (χ1) is 15.6. The van der Waals surface area contributed by atoms with E-state index in [-0.39, 0.29) is 22.9 Å². The number of carbonyl (C=O) groups is 2. The molecule has 0 atom stereocenters. The maximum Gasteiger partial charge on any atom is 0.414 e. The van der Waals surface area contributed by atoms with E-state index in [1.165, 1.54) is 23.1 Å². The van der Waals surface area contributed by atoms with E-state index in [1.54, 1.807) is 24.0 Å². The maximum absolute atomic E-state index is 14.1. The number of ether oxygens (including phenoxy) is 1. The number of amides is 2. The first-order valence-corrected chi connectivity index (χ1v) is 12.5. The van der Waals surface area contributed by atoms with E-state index >= 15 is 0 Å². The SMILES string of the molecule is Cc1cc(C)c(N2CCN(C(=O)c3ccc(N4CCOC4=O)cc3S(C)(=O)=O)CC2)cc1F. The van der Waals surface area contributed by atoms with Gasteiger partial charge in [0.2, 0.25) is 0 Å². The molecule has 2 amide bonds. The second-order valence-corrected chi connectivity index (χ2v) is 10.4. The minimum Gasteiger partial charge on any atom is -0.447 e. The van der Waals surface area contributed by atoms with Gasteiger partial charge in [-0.1, -0.05) is 6.07 Å². The smallest absolute Gasteiger partial charge is 0.414 e. The Kier molecular flexibility index (Phi) is 6.04. The quantitative estimate of drug-likeness (QED) is 0.676. The van der Waals surface area contributed by atoms with Crippen molar-refractivity contribution in [2.24, 2.45) is 0 Å². The highest BCUT2D eigenvalue weighted by atomic mass is 32.2. The number of hydrogen-bond donors (Lipinski definition) is 0. The molecule has 2 aromatic carbocycles. The zero-order valence-electron chi connectivity index (χ0n) is 18.8. The van der Waals surface area contributed by atoms with Crippen molar-refractivity contribution in [3.8, 4) is 0 Å². The number of hydrogen-bond acceptors (Lipinski definition) is 6. The third-order valence-corrected chi connectivity index (χ3v) is 7.19. The van der Waals surface area contributed by atoms with Crippen LogP contribution in [0.25, 0.3) is 0 Å². The van der Waals surface area contributed by atoms with Crippen LogP contribution in [-0.2, 0) is 14.6 Å². The lowest BCUT2D eigenvalue weighted by atomic mass is 10.1. The first-order valence-electron chi connectivity index (χ1n) is 10.7. The molecule has 0 unspecified atom stereocenters. The maximum atomic E-state index is 14.1. The van der Waals surface area contributed by atoms with Crippen LogP contribution < -0.4 is 9.80 Å². The van der Waals surface area contributed by atoms with Crippen LogP contribution in [0.2, 0.25) is 0 Å². The van der Waals surface area contributed by atoms with Crippen LogP contribution in [0.5, 0.6) is 0 Å². The van der Waals surface area contributed by atoms with Crippen molar-refractivity contribution in [1.82, 2.24) is 4.90 Å². The number of sulfone groups is 1. The highest BCUT2D eigenvalue weighted by Gasteiger charge is 2.30. The normalized spacial score (nSPS) is 16.8. The molecule has 0 radical (unpaired) electrons. The largest absolute Gasteiger partial charge is 0.447 e. The molecule has 4 rings (SSSR count). The number of aryl methyl sites for hydroxylation is 2. The molecule has 2 fully saturated rings. The lowest BCUT2D eigenvalue weighted by molar-refractivity contribution is 0.0743. The van der Waals surface area contributed by atoms with Crippen LogP contribution >= 0.6 is 0 Å². The molecular weight excluding hydrogens is 449 g/mol. The standard InChI is InChI=1S/C23H26FN3O5S/c1-15-12-16(2)20(14-19(15)24)25-6-8-26(9-7-25)22(28)18-5-4-17(13-21(18)33(3,30)31)27-10-11-32-23(27)29/h4-5,12-14H,6-11H2,1-3H3. The van der Waals surface area contributed by atoms with Crippen LogP contribution in [0.1, 0.15) is 21.5 Å². The van der Waals surface area contributed by atoms with Crippen molar-refractivity contribution in [1.29, 1.82) is 0 Å². The van der Waals surface area contributed by atoms with Crippen molar-refractivity contribution in [3.63, 3.8) is 0 Å². The highest BCUT2D eigenvalue weighted by molar-refractivity contribution is 7.90. The molecular formula is C23H26FN3O5S. The van der Waals surface area contributed by atoms with E-state index < -0.39 is 21.8 Å². The van der Waals surface area contributed by atoms with Gasteiger partial charge in [-0.2, -0.15) is 0 Å². The van der Waals surface area contributed by atoms with Crippen LogP contribution in [0.15, 0.2) is 35.2 Å². The van der Waals surface area contributed by atoms with E-state index in [9.17, 15) is 22.4 Å². The van der Waals surface area contributed by atoms with Crippen LogP contribution in [0.3, 0.4) is 0 Å². The highest BCUT2D eigenvalue weighted by Crippen LogP contribution is 2.28. The van der Waals surface area contributed by atoms with Gasteiger partial charge in [0.25, 0.3) is 5.91 Å². The van der Waals surface area contributed by atoms with Gasteiger partial charge in [0.1, 0.15) is 12.4 Å².